The summed E-state index contributed by atoms with van der Waals surface area (Å²) in [6.45, 7) is 3.32. The number of nitrogens with one attached hydrogen (secondary N) is 1. The highest BCUT2D eigenvalue weighted by Crippen LogP contribution is 2.32. The second-order valence-electron chi connectivity index (χ2n) is 6.79. The summed E-state index contributed by atoms with van der Waals surface area (Å²) < 4.78 is 5.52. The van der Waals surface area contributed by atoms with Gasteiger partial charge in [-0.1, -0.05) is 5.16 Å². The predicted octanol–water partition coefficient (Wildman–Crippen LogP) is 1.89. The van der Waals surface area contributed by atoms with Crippen LogP contribution in [0.2, 0.25) is 0 Å². The zero-order valence-corrected chi connectivity index (χ0v) is 15.8. The summed E-state index contributed by atoms with van der Waals surface area (Å²) >= 11 is 1.69. The van der Waals surface area contributed by atoms with Crippen molar-refractivity contribution in [2.75, 3.05) is 44.4 Å². The van der Waals surface area contributed by atoms with Crippen molar-refractivity contribution in [1.29, 1.82) is 0 Å². The molecule has 138 valence electrons. The Morgan fingerprint density at radius 3 is 2.85 bits per heavy atom. The number of anilines is 1. The highest BCUT2D eigenvalue weighted by Gasteiger charge is 2.36. The molecule has 3 heterocycles. The van der Waals surface area contributed by atoms with E-state index in [1.165, 1.54) is 4.90 Å². The van der Waals surface area contributed by atoms with Gasteiger partial charge in [0.15, 0.2) is 5.82 Å². The van der Waals surface area contributed by atoms with E-state index in [0.29, 0.717) is 24.7 Å². The van der Waals surface area contributed by atoms with Gasteiger partial charge in [0.25, 0.3) is 0 Å². The first-order chi connectivity index (χ1) is 12.7. The number of nitrogens with zero attached hydrogens (tertiary/aromatic N) is 4. The number of carbonyl (C=O) groups excluding carboxylic acids is 1. The van der Waals surface area contributed by atoms with Crippen LogP contribution in [0.25, 0.3) is 0 Å². The van der Waals surface area contributed by atoms with E-state index in [1.54, 1.807) is 11.8 Å². The average molecular weight is 373 g/mol. The number of piperazine rings is 1. The number of aromatic nitrogens is 2. The normalized spacial score (nSPS) is 24.4. The van der Waals surface area contributed by atoms with Gasteiger partial charge in [-0.25, -0.2) is 0 Å². The molecule has 0 aliphatic carbocycles. The molecule has 0 saturated carbocycles. The predicted molar refractivity (Wildman–Crippen MR) is 100 cm³/mol. The van der Waals surface area contributed by atoms with Crippen molar-refractivity contribution in [3.05, 3.63) is 36.0 Å². The Morgan fingerprint density at radius 2 is 2.12 bits per heavy atom. The molecule has 0 radical (unpaired) electrons. The van der Waals surface area contributed by atoms with Crippen LogP contribution < -0.4 is 10.2 Å². The van der Waals surface area contributed by atoms with E-state index in [2.05, 4.69) is 27.4 Å². The number of thioether (sulfide) groups is 1. The minimum absolute atomic E-state index is 0.0502. The minimum Gasteiger partial charge on any atom is -0.339 e. The lowest BCUT2D eigenvalue weighted by atomic mass is 10.1. The molecule has 2 atom stereocenters. The third-order valence-electron chi connectivity index (χ3n) is 5.12. The molecule has 2 aromatic rings. The van der Waals surface area contributed by atoms with Crippen LogP contribution in [0.5, 0.6) is 0 Å². The first kappa shape index (κ1) is 17.5. The van der Waals surface area contributed by atoms with Crippen LogP contribution in [0.1, 0.15) is 30.1 Å². The Hall–Kier alpha value is -1.90. The van der Waals surface area contributed by atoms with E-state index >= 15 is 0 Å². The van der Waals surface area contributed by atoms with Crippen molar-refractivity contribution in [3.63, 3.8) is 0 Å². The molecule has 2 aliphatic heterocycles. The minimum atomic E-state index is -0.0502. The standard InChI is InChI=1S/C18H23N5O2S/c1-22-8-7-19-10-15(22)17-20-18(25-21-17)12-9-16(24)23(11-12)13-3-5-14(26-2)6-4-13/h3-6,12,15,19H,7-11H2,1-2H3. The Bertz CT molecular complexity index is 778. The van der Waals surface area contributed by atoms with Crippen LogP contribution in [0.3, 0.4) is 0 Å². The molecule has 2 saturated heterocycles. The van der Waals surface area contributed by atoms with Gasteiger partial charge in [-0.2, -0.15) is 4.98 Å². The Kier molecular flexibility index (Phi) is 4.97. The SMILES string of the molecule is CSc1ccc(N2CC(c3nc(C4CNCCN4C)no3)CC2=O)cc1. The molecule has 7 nitrogen and oxygen atoms in total. The fourth-order valence-corrected chi connectivity index (χ4v) is 3.94. The largest absolute Gasteiger partial charge is 0.339 e. The van der Waals surface area contributed by atoms with E-state index in [4.69, 9.17) is 4.52 Å². The van der Waals surface area contributed by atoms with Crippen molar-refractivity contribution in [2.24, 2.45) is 0 Å². The molecule has 1 N–H and O–H groups in total. The van der Waals surface area contributed by atoms with Crippen molar-refractivity contribution < 1.29 is 9.32 Å². The van der Waals surface area contributed by atoms with Crippen molar-refractivity contribution >= 4 is 23.4 Å². The van der Waals surface area contributed by atoms with Gasteiger partial charge in [-0.15, -0.1) is 11.8 Å². The van der Waals surface area contributed by atoms with Crippen LogP contribution in [0, 0.1) is 0 Å². The first-order valence-corrected chi connectivity index (χ1v) is 10.1. The topological polar surface area (TPSA) is 74.5 Å². The highest BCUT2D eigenvalue weighted by atomic mass is 32.2. The van der Waals surface area contributed by atoms with E-state index in [0.717, 1.165) is 25.3 Å². The smallest absolute Gasteiger partial charge is 0.232 e. The molecule has 2 unspecified atom stereocenters. The molecule has 1 aromatic carbocycles. The molecule has 1 aromatic heterocycles. The summed E-state index contributed by atoms with van der Waals surface area (Å²) in [4.78, 5) is 22.3. The fraction of sp³-hybridized carbons (Fsp3) is 0.500. The van der Waals surface area contributed by atoms with Gasteiger partial charge in [-0.3, -0.25) is 9.69 Å². The molecule has 2 fully saturated rings. The average Bonchev–Trinajstić information content (AvgIpc) is 3.29. The van der Waals surface area contributed by atoms with Gasteiger partial charge in [0, 0.05) is 43.2 Å². The summed E-state index contributed by atoms with van der Waals surface area (Å²) in [5.74, 6) is 1.31. The third kappa shape index (κ3) is 3.36. The van der Waals surface area contributed by atoms with Crippen LogP contribution in [-0.4, -0.2) is 60.4 Å². The second kappa shape index (κ2) is 7.38. The van der Waals surface area contributed by atoms with E-state index in [9.17, 15) is 4.79 Å². The molecule has 0 spiro atoms. The van der Waals surface area contributed by atoms with Crippen LogP contribution in [0.4, 0.5) is 5.69 Å². The summed E-state index contributed by atoms with van der Waals surface area (Å²) in [5, 5.41) is 7.54. The van der Waals surface area contributed by atoms with Crippen molar-refractivity contribution in [3.8, 4) is 0 Å². The van der Waals surface area contributed by atoms with E-state index in [1.807, 2.05) is 35.4 Å². The maximum absolute atomic E-state index is 12.5. The summed E-state index contributed by atoms with van der Waals surface area (Å²) in [6, 6.07) is 8.19. The Labute approximate surface area is 157 Å². The highest BCUT2D eigenvalue weighted by molar-refractivity contribution is 7.98. The molecule has 2 aliphatic rings. The molecule has 8 heteroatoms. The van der Waals surface area contributed by atoms with Gasteiger partial charge >= 0.3 is 0 Å². The van der Waals surface area contributed by atoms with Gasteiger partial charge in [0.1, 0.15) is 0 Å². The molecule has 26 heavy (non-hydrogen) atoms. The van der Waals surface area contributed by atoms with Crippen LogP contribution in [-0.2, 0) is 4.79 Å². The monoisotopic (exact) mass is 373 g/mol. The number of likely N-dealkylation sites (N-methyl/N-ethyl adjacent to an activating group) is 1. The second-order valence-corrected chi connectivity index (χ2v) is 7.67. The van der Waals surface area contributed by atoms with E-state index in [-0.39, 0.29) is 17.9 Å². The van der Waals surface area contributed by atoms with Gasteiger partial charge in [0.05, 0.1) is 12.0 Å². The number of carbonyl (C=O) groups is 1. The lowest BCUT2D eigenvalue weighted by Gasteiger charge is -2.30. The summed E-state index contributed by atoms with van der Waals surface area (Å²) in [5.41, 5.74) is 0.922. The van der Waals surface area contributed by atoms with Crippen molar-refractivity contribution in [2.45, 2.75) is 23.3 Å². The zero-order valence-electron chi connectivity index (χ0n) is 15.0. The molecular weight excluding hydrogens is 350 g/mol. The quantitative estimate of drug-likeness (QED) is 0.820. The third-order valence-corrected chi connectivity index (χ3v) is 5.87. The Balaban J connectivity index is 1.48. The van der Waals surface area contributed by atoms with Gasteiger partial charge in [-0.05, 0) is 37.6 Å². The zero-order chi connectivity index (χ0) is 18.1. The van der Waals surface area contributed by atoms with Gasteiger partial charge < -0.3 is 14.7 Å². The molecule has 4 rings (SSSR count). The Morgan fingerprint density at radius 1 is 1.31 bits per heavy atom. The van der Waals surface area contributed by atoms with Crippen molar-refractivity contribution in [1.82, 2.24) is 20.4 Å². The number of hydrogen-bond acceptors (Lipinski definition) is 7. The number of hydrogen-bond donors (Lipinski definition) is 1. The first-order valence-electron chi connectivity index (χ1n) is 8.84. The molecule has 1 amide bonds. The molecule has 0 bridgehead atoms. The van der Waals surface area contributed by atoms with E-state index < -0.39 is 0 Å². The molecular formula is C18H23N5O2S. The maximum Gasteiger partial charge on any atom is 0.232 e. The lowest BCUT2D eigenvalue weighted by Crippen LogP contribution is -2.44. The van der Waals surface area contributed by atoms with Crippen LogP contribution >= 0.6 is 11.8 Å². The lowest BCUT2D eigenvalue weighted by molar-refractivity contribution is -0.117. The number of rotatable bonds is 4. The summed E-state index contributed by atoms with van der Waals surface area (Å²) in [7, 11) is 2.07. The summed E-state index contributed by atoms with van der Waals surface area (Å²) in [6.07, 6.45) is 2.45. The number of amides is 1. The van der Waals surface area contributed by atoms with Gasteiger partial charge in [0.2, 0.25) is 11.8 Å². The van der Waals surface area contributed by atoms with Crippen LogP contribution in [0.15, 0.2) is 33.7 Å². The number of benzene rings is 1. The fourth-order valence-electron chi connectivity index (χ4n) is 3.53. The maximum atomic E-state index is 12.5.